The first-order valence-electron chi connectivity index (χ1n) is 6.75. The minimum absolute atomic E-state index is 0.424. The van der Waals surface area contributed by atoms with Crippen molar-refractivity contribution in [2.45, 2.75) is 36.9 Å². The van der Waals surface area contributed by atoms with Gasteiger partial charge in [-0.05, 0) is 0 Å². The van der Waals surface area contributed by atoms with E-state index in [-0.39, 0.29) is 0 Å². The van der Waals surface area contributed by atoms with Crippen LogP contribution < -0.4 is 0 Å². The van der Waals surface area contributed by atoms with Gasteiger partial charge in [0.25, 0.3) is 0 Å². The van der Waals surface area contributed by atoms with E-state index < -0.39 is 73.6 Å². The van der Waals surface area contributed by atoms with Crippen molar-refractivity contribution in [2.24, 2.45) is 0 Å². The molecule has 8 N–H and O–H groups in total. The molecule has 1 rings (SSSR count). The molecular formula is C8H19O15P3. The number of aliphatic hydroxyl groups excluding tert-OH is 2. The SMILES string of the molecule is O=P(O)(O)OCC[C@@H]1O[C@H](CO)[C@@H](OP(=O)(O)O)[C@H](OP(=O)(O)O)[C@H]1O. The number of aliphatic hydroxyl groups is 2. The van der Waals surface area contributed by atoms with E-state index in [4.69, 9.17) is 34.1 Å². The van der Waals surface area contributed by atoms with Crippen LogP contribution in [-0.2, 0) is 32.0 Å². The molecule has 0 amide bonds. The van der Waals surface area contributed by atoms with E-state index in [2.05, 4.69) is 13.6 Å². The fraction of sp³-hybridized carbons (Fsp3) is 1.00. The highest BCUT2D eigenvalue weighted by Gasteiger charge is 2.50. The maximum Gasteiger partial charge on any atom is 0.470 e. The Hall–Kier alpha value is 0.210. The van der Waals surface area contributed by atoms with Gasteiger partial charge in [-0.2, -0.15) is 0 Å². The van der Waals surface area contributed by atoms with Gasteiger partial charge >= 0.3 is 23.5 Å². The van der Waals surface area contributed by atoms with Crippen LogP contribution >= 0.6 is 23.5 Å². The van der Waals surface area contributed by atoms with E-state index in [1.165, 1.54) is 0 Å². The first-order chi connectivity index (χ1) is 11.6. The number of hydrogen-bond donors (Lipinski definition) is 8. The summed E-state index contributed by atoms with van der Waals surface area (Å²) in [6, 6.07) is 0. The van der Waals surface area contributed by atoms with Crippen LogP contribution in [0, 0.1) is 0 Å². The summed E-state index contributed by atoms with van der Waals surface area (Å²) in [5, 5.41) is 19.4. The molecule has 0 unspecified atom stereocenters. The van der Waals surface area contributed by atoms with Gasteiger partial charge < -0.3 is 44.3 Å². The summed E-state index contributed by atoms with van der Waals surface area (Å²) in [6.45, 7) is -1.61. The number of rotatable bonds is 9. The lowest BCUT2D eigenvalue weighted by atomic mass is 9.94. The number of ether oxygens (including phenoxy) is 1. The molecule has 0 aromatic rings. The Bertz CT molecular complexity index is 592. The molecule has 1 heterocycles. The fourth-order valence-electron chi connectivity index (χ4n) is 2.24. The van der Waals surface area contributed by atoms with Gasteiger partial charge in [0.15, 0.2) is 0 Å². The molecule has 0 spiro atoms. The van der Waals surface area contributed by atoms with Crippen molar-refractivity contribution in [2.75, 3.05) is 13.2 Å². The molecule has 0 aromatic heterocycles. The van der Waals surface area contributed by atoms with Crippen LogP contribution in [0.5, 0.6) is 0 Å². The minimum Gasteiger partial charge on any atom is -0.394 e. The number of phosphoric ester groups is 3. The van der Waals surface area contributed by atoms with Gasteiger partial charge in [-0.25, -0.2) is 13.7 Å². The summed E-state index contributed by atoms with van der Waals surface area (Å²) in [5.74, 6) is 0. The maximum atomic E-state index is 11.1. The average Bonchev–Trinajstić information content (AvgIpc) is 2.41. The number of hydrogen-bond acceptors (Lipinski definition) is 9. The van der Waals surface area contributed by atoms with Gasteiger partial charge in [0.1, 0.15) is 24.4 Å². The Morgan fingerprint density at radius 1 is 0.808 bits per heavy atom. The van der Waals surface area contributed by atoms with E-state index in [1.54, 1.807) is 0 Å². The maximum absolute atomic E-state index is 11.1. The van der Waals surface area contributed by atoms with Crippen LogP contribution in [0.3, 0.4) is 0 Å². The smallest absolute Gasteiger partial charge is 0.394 e. The van der Waals surface area contributed by atoms with E-state index >= 15 is 0 Å². The lowest BCUT2D eigenvalue weighted by Crippen LogP contribution is -2.59. The summed E-state index contributed by atoms with van der Waals surface area (Å²) in [4.78, 5) is 52.8. The van der Waals surface area contributed by atoms with Gasteiger partial charge in [-0.15, -0.1) is 0 Å². The molecular weight excluding hydrogens is 429 g/mol. The van der Waals surface area contributed by atoms with Crippen molar-refractivity contribution >= 4 is 23.5 Å². The second-order valence-corrected chi connectivity index (χ2v) is 8.74. The molecule has 0 saturated carbocycles. The fourth-order valence-corrected chi connectivity index (χ4v) is 3.72. The first kappa shape index (κ1) is 24.2. The molecule has 15 nitrogen and oxygen atoms in total. The van der Waals surface area contributed by atoms with Crippen molar-refractivity contribution in [3.05, 3.63) is 0 Å². The van der Waals surface area contributed by atoms with Crippen LogP contribution in [0.15, 0.2) is 0 Å². The van der Waals surface area contributed by atoms with Crippen molar-refractivity contribution < 1.29 is 71.6 Å². The largest absolute Gasteiger partial charge is 0.470 e. The number of phosphoric acid groups is 3. The summed E-state index contributed by atoms with van der Waals surface area (Å²) in [6.07, 6.45) is -9.42. The van der Waals surface area contributed by atoms with E-state index in [0.717, 1.165) is 0 Å². The molecule has 26 heavy (non-hydrogen) atoms. The van der Waals surface area contributed by atoms with Crippen LogP contribution in [0.25, 0.3) is 0 Å². The van der Waals surface area contributed by atoms with E-state index in [1.807, 2.05) is 0 Å². The molecule has 0 aliphatic carbocycles. The first-order valence-corrected chi connectivity index (χ1v) is 11.3. The van der Waals surface area contributed by atoms with Crippen molar-refractivity contribution in [3.8, 4) is 0 Å². The topological polar surface area (TPSA) is 250 Å². The highest BCUT2D eigenvalue weighted by molar-refractivity contribution is 7.46. The third-order valence-corrected chi connectivity index (χ3v) is 4.67. The Labute approximate surface area is 146 Å². The van der Waals surface area contributed by atoms with Crippen LogP contribution in [-0.4, -0.2) is 83.3 Å². The van der Waals surface area contributed by atoms with Crippen molar-refractivity contribution in [3.63, 3.8) is 0 Å². The summed E-state index contributed by atoms with van der Waals surface area (Å²) < 4.78 is 50.7. The Kier molecular flexibility index (Phi) is 8.52. The molecule has 0 radical (unpaired) electrons. The molecule has 1 fully saturated rings. The monoisotopic (exact) mass is 448 g/mol. The van der Waals surface area contributed by atoms with Gasteiger partial charge in [0.05, 0.1) is 19.3 Å². The van der Waals surface area contributed by atoms with Crippen LogP contribution in [0.2, 0.25) is 0 Å². The third kappa shape index (κ3) is 8.48. The minimum atomic E-state index is -5.28. The molecule has 0 bridgehead atoms. The molecule has 0 aromatic carbocycles. The van der Waals surface area contributed by atoms with Gasteiger partial charge in [-0.1, -0.05) is 0 Å². The zero-order valence-corrected chi connectivity index (χ0v) is 15.5. The highest BCUT2D eigenvalue weighted by Crippen LogP contribution is 2.47. The predicted molar refractivity (Wildman–Crippen MR) is 78.2 cm³/mol. The summed E-state index contributed by atoms with van der Waals surface area (Å²) >= 11 is 0. The van der Waals surface area contributed by atoms with Gasteiger partial charge in [0, 0.05) is 6.42 Å². The third-order valence-electron chi connectivity index (χ3n) is 3.12. The lowest BCUT2D eigenvalue weighted by Gasteiger charge is -2.43. The molecule has 1 saturated heterocycles. The lowest BCUT2D eigenvalue weighted by molar-refractivity contribution is -0.223. The molecule has 5 atom stereocenters. The van der Waals surface area contributed by atoms with Crippen molar-refractivity contribution in [1.29, 1.82) is 0 Å². The zero-order valence-electron chi connectivity index (χ0n) is 12.8. The molecule has 1 aliphatic rings. The highest BCUT2D eigenvalue weighted by atomic mass is 31.2. The zero-order chi connectivity index (χ0) is 20.3. The summed E-state index contributed by atoms with van der Waals surface area (Å²) in [7, 11) is -15.4. The molecule has 18 heteroatoms. The van der Waals surface area contributed by atoms with Crippen LogP contribution in [0.4, 0.5) is 0 Å². The average molecular weight is 448 g/mol. The molecule has 156 valence electrons. The van der Waals surface area contributed by atoms with E-state index in [0.29, 0.717) is 0 Å². The second kappa shape index (κ2) is 9.14. The van der Waals surface area contributed by atoms with E-state index in [9.17, 15) is 23.9 Å². The Balaban J connectivity index is 3.02. The quantitative estimate of drug-likeness (QED) is 0.171. The predicted octanol–water partition coefficient (Wildman–Crippen LogP) is -2.44. The standard InChI is InChI=1S/C8H19O15P3/c9-3-5-7(22-25(14,15)16)8(23-26(17,18)19)6(10)4(21-5)1-2-20-24(11,12)13/h4-10H,1-3H2,(H2,11,12,13)(H2,14,15,16)(H2,17,18,19)/t4-,5+,6-,7+,8+/m0/s1. The van der Waals surface area contributed by atoms with Gasteiger partial charge in [-0.3, -0.25) is 13.6 Å². The second-order valence-electron chi connectivity index (χ2n) is 5.12. The van der Waals surface area contributed by atoms with Crippen LogP contribution in [0.1, 0.15) is 6.42 Å². The Morgan fingerprint density at radius 3 is 1.73 bits per heavy atom. The van der Waals surface area contributed by atoms with Crippen molar-refractivity contribution in [1.82, 2.24) is 0 Å². The Morgan fingerprint density at radius 2 is 1.31 bits per heavy atom. The van der Waals surface area contributed by atoms with Gasteiger partial charge in [0.2, 0.25) is 0 Å². The molecule has 1 aliphatic heterocycles. The summed E-state index contributed by atoms with van der Waals surface area (Å²) in [5.41, 5.74) is 0. The normalized spacial score (nSPS) is 31.2.